The first-order chi connectivity index (χ1) is 11.2. The molecule has 128 valence electrons. The standard InChI is InChI=1S/C8H12N2O.C7H8BrNO.CH5N/c1-9-5-8-3-2-7(6-11)4-10-8;8-3-7-2-1-6(5-10)4-9-7;1-2/h2-4,9,11H,5-6H2,1H3;1-2,4,10H,3,5H2;2H2,1H3. The molecule has 0 spiro atoms. The number of hydrogen-bond acceptors (Lipinski definition) is 6. The number of aliphatic hydroxyl groups excluding tert-OH is 2. The fraction of sp³-hybridized carbons (Fsp3) is 0.375. The van der Waals surface area contributed by atoms with Gasteiger partial charge < -0.3 is 21.3 Å². The number of nitrogens with zero attached hydrogens (tertiary/aromatic N) is 2. The lowest BCUT2D eigenvalue weighted by molar-refractivity contribution is 0.281. The fourth-order valence-corrected chi connectivity index (χ4v) is 1.79. The van der Waals surface area contributed by atoms with Gasteiger partial charge in [-0.05, 0) is 37.4 Å². The first-order valence-electron chi connectivity index (χ1n) is 7.11. The van der Waals surface area contributed by atoms with Gasteiger partial charge in [0.1, 0.15) is 0 Å². The Morgan fingerprint density at radius 2 is 1.43 bits per heavy atom. The van der Waals surface area contributed by atoms with Gasteiger partial charge in [0.05, 0.1) is 24.6 Å². The van der Waals surface area contributed by atoms with Crippen molar-refractivity contribution in [3.05, 3.63) is 59.2 Å². The van der Waals surface area contributed by atoms with Gasteiger partial charge in [0, 0.05) is 24.3 Å². The molecule has 0 bridgehead atoms. The van der Waals surface area contributed by atoms with E-state index in [1.165, 1.54) is 7.05 Å². The van der Waals surface area contributed by atoms with Crippen molar-refractivity contribution in [2.24, 2.45) is 5.73 Å². The molecule has 6 nitrogen and oxygen atoms in total. The molecule has 0 unspecified atom stereocenters. The van der Waals surface area contributed by atoms with Crippen molar-refractivity contribution in [1.29, 1.82) is 0 Å². The Morgan fingerprint density at radius 1 is 0.957 bits per heavy atom. The number of alkyl halides is 1. The summed E-state index contributed by atoms with van der Waals surface area (Å²) in [5.74, 6) is 0. The minimum atomic E-state index is 0.0623. The van der Waals surface area contributed by atoms with Crippen LogP contribution in [0.2, 0.25) is 0 Å². The van der Waals surface area contributed by atoms with Crippen molar-refractivity contribution in [3.63, 3.8) is 0 Å². The summed E-state index contributed by atoms with van der Waals surface area (Å²) in [7, 11) is 3.38. The van der Waals surface area contributed by atoms with E-state index in [-0.39, 0.29) is 13.2 Å². The molecule has 2 rings (SSSR count). The highest BCUT2D eigenvalue weighted by Crippen LogP contribution is 2.03. The monoisotopic (exact) mass is 384 g/mol. The quantitative estimate of drug-likeness (QED) is 0.579. The van der Waals surface area contributed by atoms with Gasteiger partial charge in [-0.3, -0.25) is 9.97 Å². The number of nitrogens with one attached hydrogen (secondary N) is 1. The number of aromatic nitrogens is 2. The van der Waals surface area contributed by atoms with Crippen LogP contribution in [-0.4, -0.2) is 34.3 Å². The molecule has 2 aromatic heterocycles. The van der Waals surface area contributed by atoms with E-state index in [4.69, 9.17) is 10.2 Å². The van der Waals surface area contributed by atoms with Gasteiger partial charge in [-0.25, -0.2) is 0 Å². The third kappa shape index (κ3) is 9.37. The lowest BCUT2D eigenvalue weighted by atomic mass is 10.2. The van der Waals surface area contributed by atoms with Crippen molar-refractivity contribution in [1.82, 2.24) is 15.3 Å². The minimum absolute atomic E-state index is 0.0623. The zero-order valence-electron chi connectivity index (χ0n) is 13.5. The molecule has 0 aromatic carbocycles. The first-order valence-corrected chi connectivity index (χ1v) is 8.23. The van der Waals surface area contributed by atoms with Crippen molar-refractivity contribution in [3.8, 4) is 0 Å². The Bertz CT molecular complexity index is 483. The molecule has 23 heavy (non-hydrogen) atoms. The number of nitrogens with two attached hydrogens (primary N) is 1. The summed E-state index contributed by atoms with van der Waals surface area (Å²) in [6, 6.07) is 7.53. The topological polar surface area (TPSA) is 104 Å². The van der Waals surface area contributed by atoms with Crippen LogP contribution in [0.5, 0.6) is 0 Å². The van der Waals surface area contributed by atoms with Crippen LogP contribution in [0.4, 0.5) is 0 Å². The SMILES string of the molecule is CN.CNCc1ccc(CO)cn1.OCc1ccc(CBr)nc1. The number of rotatable bonds is 5. The third-order valence-electron chi connectivity index (χ3n) is 2.63. The van der Waals surface area contributed by atoms with Crippen LogP contribution >= 0.6 is 15.9 Å². The Labute approximate surface area is 145 Å². The Hall–Kier alpha value is -1.38. The van der Waals surface area contributed by atoms with Crippen LogP contribution in [0.15, 0.2) is 36.7 Å². The lowest BCUT2D eigenvalue weighted by Gasteiger charge is -1.99. The molecule has 0 radical (unpaired) electrons. The average molecular weight is 385 g/mol. The van der Waals surface area contributed by atoms with E-state index < -0.39 is 0 Å². The van der Waals surface area contributed by atoms with E-state index in [9.17, 15) is 0 Å². The summed E-state index contributed by atoms with van der Waals surface area (Å²) >= 11 is 3.28. The van der Waals surface area contributed by atoms with Gasteiger partial charge in [0.25, 0.3) is 0 Å². The van der Waals surface area contributed by atoms with E-state index in [1.54, 1.807) is 12.4 Å². The van der Waals surface area contributed by atoms with Crippen LogP contribution < -0.4 is 11.1 Å². The summed E-state index contributed by atoms with van der Waals surface area (Å²) in [6.45, 7) is 0.897. The third-order valence-corrected chi connectivity index (χ3v) is 3.21. The van der Waals surface area contributed by atoms with Crippen molar-refractivity contribution in [2.75, 3.05) is 14.1 Å². The van der Waals surface area contributed by atoms with Crippen LogP contribution in [0.25, 0.3) is 0 Å². The molecule has 7 heteroatoms. The second kappa shape index (κ2) is 14.2. The molecule has 0 fully saturated rings. The largest absolute Gasteiger partial charge is 0.392 e. The minimum Gasteiger partial charge on any atom is -0.392 e. The van der Waals surface area contributed by atoms with Gasteiger partial charge in [0.2, 0.25) is 0 Å². The number of pyridine rings is 2. The van der Waals surface area contributed by atoms with E-state index in [2.05, 4.69) is 36.9 Å². The lowest BCUT2D eigenvalue weighted by Crippen LogP contribution is -2.06. The highest BCUT2D eigenvalue weighted by Gasteiger charge is 1.92. The number of aliphatic hydroxyl groups is 2. The normalized spacial score (nSPS) is 9.30. The van der Waals surface area contributed by atoms with Gasteiger partial charge in [-0.1, -0.05) is 28.1 Å². The van der Waals surface area contributed by atoms with Gasteiger partial charge in [-0.15, -0.1) is 0 Å². The van der Waals surface area contributed by atoms with E-state index in [0.717, 1.165) is 34.4 Å². The fourth-order valence-electron chi connectivity index (χ4n) is 1.46. The van der Waals surface area contributed by atoms with Crippen LogP contribution in [0.1, 0.15) is 22.5 Å². The van der Waals surface area contributed by atoms with Crippen LogP contribution in [0, 0.1) is 0 Å². The molecule has 0 atom stereocenters. The molecular formula is C16H25BrN4O2. The highest BCUT2D eigenvalue weighted by atomic mass is 79.9. The van der Waals surface area contributed by atoms with Crippen molar-refractivity contribution >= 4 is 15.9 Å². The molecular weight excluding hydrogens is 360 g/mol. The zero-order chi connectivity index (χ0) is 17.5. The number of hydrogen-bond donors (Lipinski definition) is 4. The van der Waals surface area contributed by atoms with Gasteiger partial charge >= 0.3 is 0 Å². The van der Waals surface area contributed by atoms with E-state index in [0.29, 0.717) is 0 Å². The maximum atomic E-state index is 8.70. The van der Waals surface area contributed by atoms with Gasteiger partial charge in [-0.2, -0.15) is 0 Å². The Balaban J connectivity index is 0.000000381. The molecule has 2 aromatic rings. The van der Waals surface area contributed by atoms with Crippen LogP contribution in [-0.2, 0) is 25.1 Å². The highest BCUT2D eigenvalue weighted by molar-refractivity contribution is 9.08. The van der Waals surface area contributed by atoms with Crippen molar-refractivity contribution < 1.29 is 10.2 Å². The predicted octanol–water partition coefficient (Wildman–Crippen LogP) is 1.34. The molecule has 0 aliphatic carbocycles. The molecule has 0 saturated carbocycles. The van der Waals surface area contributed by atoms with E-state index in [1.807, 2.05) is 31.3 Å². The molecule has 2 heterocycles. The molecule has 0 amide bonds. The van der Waals surface area contributed by atoms with Gasteiger partial charge in [0.15, 0.2) is 0 Å². The first kappa shape index (κ1) is 21.6. The second-order valence-electron chi connectivity index (χ2n) is 4.30. The average Bonchev–Trinajstić information content (AvgIpc) is 2.65. The van der Waals surface area contributed by atoms with E-state index >= 15 is 0 Å². The smallest absolute Gasteiger partial charge is 0.0696 e. The second-order valence-corrected chi connectivity index (χ2v) is 4.86. The van der Waals surface area contributed by atoms with Crippen molar-refractivity contribution in [2.45, 2.75) is 25.1 Å². The summed E-state index contributed by atoms with van der Waals surface area (Å²) in [5.41, 5.74) is 8.18. The summed E-state index contributed by atoms with van der Waals surface area (Å²) in [5, 5.41) is 21.1. The number of halogens is 1. The van der Waals surface area contributed by atoms with Crippen LogP contribution in [0.3, 0.4) is 0 Å². The molecule has 0 saturated heterocycles. The molecule has 0 aliphatic heterocycles. The maximum absolute atomic E-state index is 8.70. The molecule has 5 N–H and O–H groups in total. The summed E-state index contributed by atoms with van der Waals surface area (Å²) in [4.78, 5) is 8.18. The maximum Gasteiger partial charge on any atom is 0.0696 e. The summed E-state index contributed by atoms with van der Waals surface area (Å²) in [6.07, 6.45) is 3.36. The Morgan fingerprint density at radius 3 is 1.74 bits per heavy atom. The predicted molar refractivity (Wildman–Crippen MR) is 95.8 cm³/mol. The Kier molecular flexibility index (Phi) is 13.4. The summed E-state index contributed by atoms with van der Waals surface area (Å²) < 4.78 is 0. The zero-order valence-corrected chi connectivity index (χ0v) is 15.1. The molecule has 0 aliphatic rings.